The highest BCUT2D eigenvalue weighted by Gasteiger charge is 2.33. The van der Waals surface area contributed by atoms with Gasteiger partial charge in [-0.05, 0) is 25.7 Å². The monoisotopic (exact) mass is 210 g/mol. The van der Waals surface area contributed by atoms with Gasteiger partial charge in [-0.25, -0.2) is 0 Å². The van der Waals surface area contributed by atoms with Crippen molar-refractivity contribution in [1.29, 1.82) is 0 Å². The third kappa shape index (κ3) is 2.17. The van der Waals surface area contributed by atoms with Gasteiger partial charge in [0.2, 0.25) is 5.91 Å². The van der Waals surface area contributed by atoms with Crippen LogP contribution in [-0.2, 0) is 4.79 Å². The van der Waals surface area contributed by atoms with E-state index in [2.05, 4.69) is 0 Å². The summed E-state index contributed by atoms with van der Waals surface area (Å²) < 4.78 is 0. The molecule has 86 valence electrons. The summed E-state index contributed by atoms with van der Waals surface area (Å²) in [5.74, 6) is 0.646. The summed E-state index contributed by atoms with van der Waals surface area (Å²) in [5, 5.41) is 0. The Balaban J connectivity index is 1.92. The standard InChI is InChI=1S/C12H22N2O/c1-14(12(15)9-5-4-6-9)11-8-3-2-7-10(11)13/h9-11H,2-8,13H2,1H3. The van der Waals surface area contributed by atoms with Crippen molar-refractivity contribution in [2.75, 3.05) is 7.05 Å². The number of likely N-dealkylation sites (N-methyl/N-ethyl adjacent to an activating group) is 1. The number of carbonyl (C=O) groups excluding carboxylic acids is 1. The third-order valence-corrected chi connectivity index (χ3v) is 4.08. The Labute approximate surface area is 92.0 Å². The van der Waals surface area contributed by atoms with Crippen LogP contribution >= 0.6 is 0 Å². The lowest BCUT2D eigenvalue weighted by Crippen LogP contribution is -2.52. The lowest BCUT2D eigenvalue weighted by Gasteiger charge is -2.39. The molecule has 2 aliphatic carbocycles. The van der Waals surface area contributed by atoms with Crippen molar-refractivity contribution in [2.45, 2.75) is 57.0 Å². The smallest absolute Gasteiger partial charge is 0.225 e. The number of nitrogens with zero attached hydrogens (tertiary/aromatic N) is 1. The van der Waals surface area contributed by atoms with Gasteiger partial charge >= 0.3 is 0 Å². The number of hydrogen-bond donors (Lipinski definition) is 1. The number of hydrogen-bond acceptors (Lipinski definition) is 2. The largest absolute Gasteiger partial charge is 0.341 e. The summed E-state index contributed by atoms with van der Waals surface area (Å²) in [4.78, 5) is 14.0. The molecule has 0 aromatic rings. The van der Waals surface area contributed by atoms with E-state index in [0.717, 1.165) is 25.7 Å². The quantitative estimate of drug-likeness (QED) is 0.751. The first-order valence-electron chi connectivity index (χ1n) is 6.22. The van der Waals surface area contributed by atoms with Gasteiger partial charge in [-0.2, -0.15) is 0 Å². The Morgan fingerprint density at radius 2 is 1.80 bits per heavy atom. The maximum Gasteiger partial charge on any atom is 0.225 e. The fourth-order valence-corrected chi connectivity index (χ4v) is 2.73. The molecular formula is C12H22N2O. The van der Waals surface area contributed by atoms with Crippen molar-refractivity contribution in [3.63, 3.8) is 0 Å². The van der Waals surface area contributed by atoms with E-state index < -0.39 is 0 Å². The first kappa shape index (κ1) is 10.9. The molecule has 0 aromatic carbocycles. The SMILES string of the molecule is CN(C(=O)C1CCC1)C1CCCCC1N. The summed E-state index contributed by atoms with van der Waals surface area (Å²) in [7, 11) is 1.94. The zero-order valence-electron chi connectivity index (χ0n) is 9.61. The van der Waals surface area contributed by atoms with Gasteiger partial charge < -0.3 is 10.6 Å². The van der Waals surface area contributed by atoms with Crippen LogP contribution in [0.4, 0.5) is 0 Å². The molecule has 0 spiro atoms. The molecule has 0 aromatic heterocycles. The van der Waals surface area contributed by atoms with E-state index in [-0.39, 0.29) is 6.04 Å². The van der Waals surface area contributed by atoms with Crippen molar-refractivity contribution < 1.29 is 4.79 Å². The number of nitrogens with two attached hydrogens (primary N) is 1. The first-order chi connectivity index (χ1) is 7.20. The van der Waals surface area contributed by atoms with Crippen LogP contribution in [0.25, 0.3) is 0 Å². The molecule has 3 nitrogen and oxygen atoms in total. The molecule has 2 fully saturated rings. The number of rotatable bonds is 2. The average Bonchev–Trinajstić information content (AvgIpc) is 2.15. The van der Waals surface area contributed by atoms with Crippen LogP contribution in [0.3, 0.4) is 0 Å². The van der Waals surface area contributed by atoms with Gasteiger partial charge in [-0.1, -0.05) is 19.3 Å². The maximum absolute atomic E-state index is 12.0. The molecular weight excluding hydrogens is 188 g/mol. The van der Waals surface area contributed by atoms with E-state index in [0.29, 0.717) is 17.9 Å². The van der Waals surface area contributed by atoms with E-state index in [1.165, 1.54) is 19.3 Å². The van der Waals surface area contributed by atoms with Crippen molar-refractivity contribution >= 4 is 5.91 Å². The van der Waals surface area contributed by atoms with Gasteiger partial charge in [-0.15, -0.1) is 0 Å². The van der Waals surface area contributed by atoms with Crippen LogP contribution in [0, 0.1) is 5.92 Å². The van der Waals surface area contributed by atoms with E-state index in [4.69, 9.17) is 5.73 Å². The van der Waals surface area contributed by atoms with E-state index in [1.807, 2.05) is 11.9 Å². The molecule has 0 saturated heterocycles. The van der Waals surface area contributed by atoms with Crippen LogP contribution in [0.15, 0.2) is 0 Å². The van der Waals surface area contributed by atoms with Crippen LogP contribution in [0.5, 0.6) is 0 Å². The fraction of sp³-hybridized carbons (Fsp3) is 0.917. The molecule has 2 atom stereocenters. The van der Waals surface area contributed by atoms with Crippen molar-refractivity contribution in [3.05, 3.63) is 0 Å². The van der Waals surface area contributed by atoms with Gasteiger partial charge in [0, 0.05) is 25.0 Å². The van der Waals surface area contributed by atoms with Crippen LogP contribution < -0.4 is 5.73 Å². The normalized spacial score (nSPS) is 32.1. The average molecular weight is 210 g/mol. The van der Waals surface area contributed by atoms with Crippen molar-refractivity contribution in [3.8, 4) is 0 Å². The van der Waals surface area contributed by atoms with Gasteiger partial charge in [0.25, 0.3) is 0 Å². The third-order valence-electron chi connectivity index (χ3n) is 4.08. The zero-order chi connectivity index (χ0) is 10.8. The minimum atomic E-state index is 0.202. The molecule has 2 rings (SSSR count). The zero-order valence-corrected chi connectivity index (χ0v) is 9.61. The molecule has 1 amide bonds. The Hall–Kier alpha value is -0.570. The molecule has 0 bridgehead atoms. The molecule has 0 aliphatic heterocycles. The second kappa shape index (κ2) is 4.52. The molecule has 15 heavy (non-hydrogen) atoms. The van der Waals surface area contributed by atoms with Crippen molar-refractivity contribution in [1.82, 2.24) is 4.90 Å². The maximum atomic E-state index is 12.0. The van der Waals surface area contributed by atoms with Crippen LogP contribution in [0.1, 0.15) is 44.9 Å². The lowest BCUT2D eigenvalue weighted by molar-refractivity contribution is -0.139. The van der Waals surface area contributed by atoms with E-state index in [1.54, 1.807) is 0 Å². The summed E-state index contributed by atoms with van der Waals surface area (Å²) in [6, 6.07) is 0.500. The highest BCUT2D eigenvalue weighted by Crippen LogP contribution is 2.30. The Morgan fingerprint density at radius 3 is 2.33 bits per heavy atom. The molecule has 2 aliphatic rings. The van der Waals surface area contributed by atoms with E-state index in [9.17, 15) is 4.79 Å². The molecule has 2 unspecified atom stereocenters. The Bertz CT molecular complexity index is 238. The van der Waals surface area contributed by atoms with Gasteiger partial charge in [0.1, 0.15) is 0 Å². The predicted molar refractivity (Wildman–Crippen MR) is 60.3 cm³/mol. The molecule has 2 saturated carbocycles. The van der Waals surface area contributed by atoms with E-state index >= 15 is 0 Å². The first-order valence-corrected chi connectivity index (χ1v) is 6.22. The molecule has 0 radical (unpaired) electrons. The topological polar surface area (TPSA) is 46.3 Å². The minimum Gasteiger partial charge on any atom is -0.341 e. The fourth-order valence-electron chi connectivity index (χ4n) is 2.73. The molecule has 3 heteroatoms. The summed E-state index contributed by atoms with van der Waals surface area (Å²) >= 11 is 0. The molecule has 2 N–H and O–H groups in total. The summed E-state index contributed by atoms with van der Waals surface area (Å²) in [6.45, 7) is 0. The van der Waals surface area contributed by atoms with Gasteiger partial charge in [0.05, 0.1) is 0 Å². The predicted octanol–water partition coefficient (Wildman–Crippen LogP) is 1.51. The Kier molecular flexibility index (Phi) is 3.29. The highest BCUT2D eigenvalue weighted by molar-refractivity contribution is 5.79. The van der Waals surface area contributed by atoms with Crippen LogP contribution in [0.2, 0.25) is 0 Å². The van der Waals surface area contributed by atoms with Crippen molar-refractivity contribution in [2.24, 2.45) is 11.7 Å². The highest BCUT2D eigenvalue weighted by atomic mass is 16.2. The second-order valence-electron chi connectivity index (χ2n) is 5.09. The minimum absolute atomic E-state index is 0.202. The Morgan fingerprint density at radius 1 is 1.13 bits per heavy atom. The lowest BCUT2D eigenvalue weighted by atomic mass is 9.83. The number of carbonyl (C=O) groups is 1. The van der Waals surface area contributed by atoms with Gasteiger partial charge in [0.15, 0.2) is 0 Å². The summed E-state index contributed by atoms with van der Waals surface area (Å²) in [6.07, 6.45) is 8.02. The molecule has 0 heterocycles. The second-order valence-corrected chi connectivity index (χ2v) is 5.09. The van der Waals surface area contributed by atoms with Gasteiger partial charge in [-0.3, -0.25) is 4.79 Å². The summed E-state index contributed by atoms with van der Waals surface area (Å²) in [5.41, 5.74) is 6.08. The number of amides is 1. The van der Waals surface area contributed by atoms with Crippen LogP contribution in [-0.4, -0.2) is 29.9 Å².